The molecule has 0 saturated heterocycles. The average Bonchev–Trinajstić information content (AvgIpc) is 1.87. The minimum atomic E-state index is -0.855. The lowest BCUT2D eigenvalue weighted by molar-refractivity contribution is -0.137. The van der Waals surface area contributed by atoms with Gasteiger partial charge in [0.05, 0.1) is 0 Å². The summed E-state index contributed by atoms with van der Waals surface area (Å²) in [5, 5.41) is 8.17. The second kappa shape index (κ2) is 5.29. The third kappa shape index (κ3) is 5.62. The molecule has 0 rings (SSSR count). The van der Waals surface area contributed by atoms with E-state index >= 15 is 0 Å². The first-order valence-electron chi connectivity index (χ1n) is 3.01. The lowest BCUT2D eigenvalue weighted by Gasteiger charge is -1.92. The van der Waals surface area contributed by atoms with E-state index < -0.39 is 5.97 Å². The number of ketones is 1. The van der Waals surface area contributed by atoms with Crippen molar-refractivity contribution in [1.82, 2.24) is 0 Å². The first-order chi connectivity index (χ1) is 4.66. The molecule has 1 N–H and O–H groups in total. The van der Waals surface area contributed by atoms with Crippen LogP contribution >= 0.6 is 12.6 Å². The van der Waals surface area contributed by atoms with Gasteiger partial charge in [0.15, 0.2) is 0 Å². The smallest absolute Gasteiger partial charge is 0.303 e. The van der Waals surface area contributed by atoms with Gasteiger partial charge in [-0.05, 0) is 6.42 Å². The summed E-state index contributed by atoms with van der Waals surface area (Å²) < 4.78 is 0. The van der Waals surface area contributed by atoms with E-state index in [1.807, 2.05) is 0 Å². The van der Waals surface area contributed by atoms with Crippen molar-refractivity contribution < 1.29 is 14.7 Å². The summed E-state index contributed by atoms with van der Waals surface area (Å²) in [5.74, 6) is -0.642. The fourth-order valence-electron chi connectivity index (χ4n) is 0.516. The molecule has 0 fully saturated rings. The monoisotopic (exact) mass is 162 g/mol. The number of carboxylic acids is 1. The molecule has 0 unspecified atom stereocenters. The molecule has 0 aromatic carbocycles. The summed E-state index contributed by atoms with van der Waals surface area (Å²) in [7, 11) is 0. The van der Waals surface area contributed by atoms with E-state index in [1.165, 1.54) is 0 Å². The second-order valence-corrected chi connectivity index (χ2v) is 2.26. The van der Waals surface area contributed by atoms with E-state index in [4.69, 9.17) is 5.11 Å². The summed E-state index contributed by atoms with van der Waals surface area (Å²) in [4.78, 5) is 20.5. The zero-order chi connectivity index (χ0) is 7.98. The Hall–Kier alpha value is -0.510. The van der Waals surface area contributed by atoms with Crippen molar-refractivity contribution in [3.8, 4) is 0 Å². The van der Waals surface area contributed by atoms with Gasteiger partial charge in [-0.1, -0.05) is 0 Å². The quantitative estimate of drug-likeness (QED) is 0.586. The molecule has 0 bridgehead atoms. The molecule has 0 aromatic rings. The summed E-state index contributed by atoms with van der Waals surface area (Å²) >= 11 is 3.74. The highest BCUT2D eigenvalue weighted by Crippen LogP contribution is 1.96. The Morgan fingerprint density at radius 2 is 1.90 bits per heavy atom. The van der Waals surface area contributed by atoms with Gasteiger partial charge in [-0.25, -0.2) is 0 Å². The summed E-state index contributed by atoms with van der Waals surface area (Å²) in [5.41, 5.74) is 0. The second-order valence-electron chi connectivity index (χ2n) is 1.94. The van der Waals surface area contributed by atoms with Crippen LogP contribution in [0.15, 0.2) is 0 Å². The number of carboxylic acid groups (broad SMARTS) is 1. The van der Waals surface area contributed by atoms with Crippen LogP contribution in [0.25, 0.3) is 0 Å². The van der Waals surface area contributed by atoms with Crippen molar-refractivity contribution in [2.45, 2.75) is 19.3 Å². The van der Waals surface area contributed by atoms with Crippen molar-refractivity contribution in [1.29, 1.82) is 0 Å². The Balaban J connectivity index is 3.20. The highest BCUT2D eigenvalue weighted by molar-refractivity contribution is 7.81. The molecule has 0 aromatic heterocycles. The largest absolute Gasteiger partial charge is 0.481 e. The first-order valence-corrected chi connectivity index (χ1v) is 3.64. The highest BCUT2D eigenvalue weighted by Gasteiger charge is 2.00. The number of rotatable bonds is 5. The molecular weight excluding hydrogens is 152 g/mol. The van der Waals surface area contributed by atoms with Gasteiger partial charge in [-0.2, -0.15) is 12.6 Å². The molecule has 58 valence electrons. The molecule has 0 radical (unpaired) electrons. The van der Waals surface area contributed by atoms with E-state index in [0.717, 1.165) is 0 Å². The number of Topliss-reactive ketones (excluding diaryl/α,β-unsaturated/α-hetero) is 1. The van der Waals surface area contributed by atoms with Gasteiger partial charge in [0, 0.05) is 18.6 Å². The van der Waals surface area contributed by atoms with Gasteiger partial charge in [0.1, 0.15) is 5.78 Å². The maximum atomic E-state index is 10.5. The summed E-state index contributed by atoms with van der Waals surface area (Å²) in [6.07, 6.45) is 0.823. The molecular formula is C6H10O3S. The number of hydrogen-bond donors (Lipinski definition) is 2. The molecule has 0 aliphatic rings. The SMILES string of the molecule is O=C(O)CCCC(=O)CS. The van der Waals surface area contributed by atoms with Gasteiger partial charge in [-0.3, -0.25) is 9.59 Å². The standard InChI is InChI=1S/C6H10O3S/c7-5(4-10)2-1-3-6(8)9/h10H,1-4H2,(H,8,9). The Labute approximate surface area is 64.8 Å². The van der Waals surface area contributed by atoms with Gasteiger partial charge in [0.2, 0.25) is 0 Å². The van der Waals surface area contributed by atoms with E-state index in [-0.39, 0.29) is 18.0 Å². The maximum Gasteiger partial charge on any atom is 0.303 e. The van der Waals surface area contributed by atoms with Crippen LogP contribution in [0.4, 0.5) is 0 Å². The van der Waals surface area contributed by atoms with E-state index in [0.29, 0.717) is 12.8 Å². The maximum absolute atomic E-state index is 10.5. The molecule has 0 aliphatic heterocycles. The predicted octanol–water partition coefficient (Wildman–Crippen LogP) is 0.740. The Morgan fingerprint density at radius 3 is 2.30 bits per heavy atom. The highest BCUT2D eigenvalue weighted by atomic mass is 32.1. The lowest BCUT2D eigenvalue weighted by atomic mass is 10.2. The van der Waals surface area contributed by atoms with Gasteiger partial charge < -0.3 is 5.11 Å². The Kier molecular flexibility index (Phi) is 5.02. The normalized spacial score (nSPS) is 9.30. The molecule has 3 nitrogen and oxygen atoms in total. The number of carbonyl (C=O) groups excluding carboxylic acids is 1. The minimum absolute atomic E-state index is 0.00424. The molecule has 0 heterocycles. The van der Waals surface area contributed by atoms with Crippen molar-refractivity contribution in [2.24, 2.45) is 0 Å². The van der Waals surface area contributed by atoms with Crippen molar-refractivity contribution >= 4 is 24.4 Å². The third-order valence-electron chi connectivity index (χ3n) is 1.02. The van der Waals surface area contributed by atoms with Crippen LogP contribution in [0, 0.1) is 0 Å². The van der Waals surface area contributed by atoms with E-state index in [1.54, 1.807) is 0 Å². The van der Waals surface area contributed by atoms with E-state index in [2.05, 4.69) is 12.6 Å². The predicted molar refractivity (Wildman–Crippen MR) is 40.3 cm³/mol. The van der Waals surface area contributed by atoms with Crippen LogP contribution in [0.1, 0.15) is 19.3 Å². The zero-order valence-electron chi connectivity index (χ0n) is 5.54. The Morgan fingerprint density at radius 1 is 1.30 bits per heavy atom. The topological polar surface area (TPSA) is 54.4 Å². The molecule has 0 atom stereocenters. The summed E-state index contributed by atoms with van der Waals surface area (Å²) in [6, 6.07) is 0. The minimum Gasteiger partial charge on any atom is -0.481 e. The third-order valence-corrected chi connectivity index (χ3v) is 1.38. The van der Waals surface area contributed by atoms with Crippen LogP contribution in [-0.4, -0.2) is 22.6 Å². The zero-order valence-corrected chi connectivity index (χ0v) is 6.43. The van der Waals surface area contributed by atoms with Crippen LogP contribution in [0.5, 0.6) is 0 Å². The number of thiol groups is 1. The number of aliphatic carboxylic acids is 1. The van der Waals surface area contributed by atoms with Crippen molar-refractivity contribution in [3.05, 3.63) is 0 Å². The van der Waals surface area contributed by atoms with Crippen LogP contribution in [-0.2, 0) is 9.59 Å². The van der Waals surface area contributed by atoms with Crippen LogP contribution in [0.3, 0.4) is 0 Å². The number of carbonyl (C=O) groups is 2. The van der Waals surface area contributed by atoms with Gasteiger partial charge >= 0.3 is 5.97 Å². The molecule has 0 saturated carbocycles. The van der Waals surface area contributed by atoms with Crippen LogP contribution < -0.4 is 0 Å². The molecule has 0 spiro atoms. The fraction of sp³-hybridized carbons (Fsp3) is 0.667. The Bertz CT molecular complexity index is 133. The molecule has 0 amide bonds. The lowest BCUT2D eigenvalue weighted by Crippen LogP contribution is -2.01. The van der Waals surface area contributed by atoms with Crippen molar-refractivity contribution in [2.75, 3.05) is 5.75 Å². The average molecular weight is 162 g/mol. The number of hydrogen-bond acceptors (Lipinski definition) is 3. The van der Waals surface area contributed by atoms with Gasteiger partial charge in [0.25, 0.3) is 0 Å². The molecule has 4 heteroatoms. The first kappa shape index (κ1) is 9.49. The van der Waals surface area contributed by atoms with Crippen molar-refractivity contribution in [3.63, 3.8) is 0 Å². The van der Waals surface area contributed by atoms with Gasteiger partial charge in [-0.15, -0.1) is 0 Å². The van der Waals surface area contributed by atoms with E-state index in [9.17, 15) is 9.59 Å². The van der Waals surface area contributed by atoms with Crippen LogP contribution in [0.2, 0.25) is 0 Å². The molecule has 10 heavy (non-hydrogen) atoms. The summed E-state index contributed by atoms with van der Waals surface area (Å²) in [6.45, 7) is 0. The fourth-order valence-corrected chi connectivity index (χ4v) is 0.674. The molecule has 0 aliphatic carbocycles.